The van der Waals surface area contributed by atoms with Crippen LogP contribution in [0.5, 0.6) is 0 Å². The molecule has 1 fully saturated rings. The van der Waals surface area contributed by atoms with E-state index in [-0.39, 0.29) is 17.8 Å². The maximum Gasteiger partial charge on any atom is 0.409 e. The Morgan fingerprint density at radius 3 is 2.18 bits per heavy atom. The minimum absolute atomic E-state index is 0.00125. The van der Waals surface area contributed by atoms with Crippen molar-refractivity contribution in [3.05, 3.63) is 0 Å². The fourth-order valence-corrected chi connectivity index (χ4v) is 3.54. The Kier molecular flexibility index (Phi) is 7.08. The summed E-state index contributed by atoms with van der Waals surface area (Å²) in [4.78, 5) is 26.9. The number of ether oxygens (including phenoxy) is 1. The molecule has 1 N–H and O–H groups in total. The Bertz CT molecular complexity index is 486. The monoisotopic (exact) mass is 335 g/mol. The highest BCUT2D eigenvalue weighted by atomic mass is 32.2. The first-order chi connectivity index (χ1) is 10.3. The molecule has 1 saturated heterocycles. The van der Waals surface area contributed by atoms with Gasteiger partial charge in [-0.05, 0) is 20.3 Å². The second kappa shape index (κ2) is 8.33. The number of amides is 2. The zero-order valence-corrected chi connectivity index (χ0v) is 14.2. The molecule has 2 amide bonds. The summed E-state index contributed by atoms with van der Waals surface area (Å²) >= 11 is 0. The molecule has 1 atom stereocenters. The highest BCUT2D eigenvalue weighted by Gasteiger charge is 2.29. The molecule has 9 heteroatoms. The molecular weight excluding hydrogens is 310 g/mol. The molecule has 0 aromatic carbocycles. The van der Waals surface area contributed by atoms with E-state index in [1.807, 2.05) is 0 Å². The molecule has 8 nitrogen and oxygen atoms in total. The molecule has 0 bridgehead atoms. The number of hydrogen-bond donors (Lipinski definition) is 1. The van der Waals surface area contributed by atoms with Crippen molar-refractivity contribution in [2.45, 2.75) is 33.2 Å². The summed E-state index contributed by atoms with van der Waals surface area (Å²) in [7, 11) is -3.43. The van der Waals surface area contributed by atoms with E-state index in [9.17, 15) is 18.0 Å². The second-order valence-electron chi connectivity index (χ2n) is 5.17. The molecule has 128 valence electrons. The van der Waals surface area contributed by atoms with Crippen LogP contribution in [0.25, 0.3) is 0 Å². The number of nitrogens with zero attached hydrogens (tertiary/aromatic N) is 2. The summed E-state index contributed by atoms with van der Waals surface area (Å²) in [6, 6.07) is -0.800. The Labute approximate surface area is 131 Å². The smallest absolute Gasteiger partial charge is 0.409 e. The maximum atomic E-state index is 12.2. The third kappa shape index (κ3) is 5.45. The van der Waals surface area contributed by atoms with Crippen LogP contribution >= 0.6 is 0 Å². The number of hydrogen-bond acceptors (Lipinski definition) is 5. The van der Waals surface area contributed by atoms with Gasteiger partial charge in [0.2, 0.25) is 15.9 Å². The molecular formula is C13H25N3O5S. The Morgan fingerprint density at radius 2 is 1.68 bits per heavy atom. The SMILES string of the molecule is CCCS(=O)(=O)N[C@@H](C)C(=O)N1CCN(C(=O)OCC)CC1. The van der Waals surface area contributed by atoms with E-state index in [0.717, 1.165) is 0 Å². The van der Waals surface area contributed by atoms with Crippen LogP contribution in [0.4, 0.5) is 4.79 Å². The first-order valence-corrected chi connectivity index (χ1v) is 9.16. The highest BCUT2D eigenvalue weighted by molar-refractivity contribution is 7.89. The third-order valence-electron chi connectivity index (χ3n) is 3.32. The summed E-state index contributed by atoms with van der Waals surface area (Å²) < 4.78 is 30.7. The minimum atomic E-state index is -3.43. The van der Waals surface area contributed by atoms with Crippen LogP contribution in [0, 0.1) is 0 Å². The second-order valence-corrected chi connectivity index (χ2v) is 7.04. The van der Waals surface area contributed by atoms with Crippen molar-refractivity contribution < 1.29 is 22.7 Å². The molecule has 0 spiro atoms. The van der Waals surface area contributed by atoms with Crippen molar-refractivity contribution in [3.8, 4) is 0 Å². The van der Waals surface area contributed by atoms with Crippen LogP contribution in [0.3, 0.4) is 0 Å². The quantitative estimate of drug-likeness (QED) is 0.737. The Hall–Kier alpha value is -1.35. The van der Waals surface area contributed by atoms with Crippen molar-refractivity contribution in [3.63, 3.8) is 0 Å². The predicted molar refractivity (Wildman–Crippen MR) is 81.9 cm³/mol. The molecule has 0 aromatic rings. The van der Waals surface area contributed by atoms with E-state index in [1.54, 1.807) is 23.6 Å². The fourth-order valence-electron chi connectivity index (χ4n) is 2.25. The van der Waals surface area contributed by atoms with Crippen LogP contribution in [0.2, 0.25) is 0 Å². The molecule has 0 saturated carbocycles. The van der Waals surface area contributed by atoms with Gasteiger partial charge in [0.15, 0.2) is 0 Å². The Morgan fingerprint density at radius 1 is 1.14 bits per heavy atom. The van der Waals surface area contributed by atoms with Crippen LogP contribution < -0.4 is 4.72 Å². The van der Waals surface area contributed by atoms with Gasteiger partial charge >= 0.3 is 6.09 Å². The van der Waals surface area contributed by atoms with Crippen LogP contribution in [0.1, 0.15) is 27.2 Å². The molecule has 1 aliphatic heterocycles. The van der Waals surface area contributed by atoms with Gasteiger partial charge in [-0.1, -0.05) is 6.92 Å². The topological polar surface area (TPSA) is 96.0 Å². The van der Waals surface area contributed by atoms with E-state index in [0.29, 0.717) is 39.2 Å². The van der Waals surface area contributed by atoms with Crippen LogP contribution in [0.15, 0.2) is 0 Å². The number of carbonyl (C=O) groups excluding carboxylic acids is 2. The summed E-state index contributed by atoms with van der Waals surface area (Å²) in [5.41, 5.74) is 0. The van der Waals surface area contributed by atoms with E-state index in [2.05, 4.69) is 4.72 Å². The first-order valence-electron chi connectivity index (χ1n) is 7.51. The van der Waals surface area contributed by atoms with E-state index in [4.69, 9.17) is 4.74 Å². The van der Waals surface area contributed by atoms with Gasteiger partial charge in [-0.25, -0.2) is 17.9 Å². The van der Waals surface area contributed by atoms with E-state index >= 15 is 0 Å². The van der Waals surface area contributed by atoms with Gasteiger partial charge < -0.3 is 14.5 Å². The zero-order valence-electron chi connectivity index (χ0n) is 13.4. The molecule has 1 rings (SSSR count). The summed E-state index contributed by atoms with van der Waals surface area (Å²) in [5, 5.41) is 0. The third-order valence-corrected chi connectivity index (χ3v) is 4.98. The average Bonchev–Trinajstić information content (AvgIpc) is 2.46. The lowest BCUT2D eigenvalue weighted by molar-refractivity contribution is -0.134. The van der Waals surface area contributed by atoms with Crippen LogP contribution in [-0.2, 0) is 19.6 Å². The first kappa shape index (κ1) is 18.7. The van der Waals surface area contributed by atoms with Gasteiger partial charge in [0.1, 0.15) is 0 Å². The summed E-state index contributed by atoms with van der Waals surface area (Å²) in [5.74, 6) is -0.274. The normalized spacial score (nSPS) is 17.2. The predicted octanol–water partition coefficient (Wildman–Crippen LogP) is 0.00500. The average molecular weight is 335 g/mol. The standard InChI is InChI=1S/C13H25N3O5S/c1-4-10-22(19,20)14-11(3)12(17)15-6-8-16(9-7-15)13(18)21-5-2/h11,14H,4-10H2,1-3H3/t11-/m0/s1. The number of carbonyl (C=O) groups is 2. The molecule has 1 aliphatic rings. The molecule has 0 unspecified atom stereocenters. The van der Waals surface area contributed by atoms with Gasteiger partial charge in [-0.2, -0.15) is 0 Å². The summed E-state index contributed by atoms with van der Waals surface area (Å²) in [6.07, 6.45) is 0.111. The van der Waals surface area contributed by atoms with Crippen molar-refractivity contribution in [2.24, 2.45) is 0 Å². The fraction of sp³-hybridized carbons (Fsp3) is 0.846. The van der Waals surface area contributed by atoms with E-state index < -0.39 is 16.1 Å². The molecule has 0 radical (unpaired) electrons. The van der Waals surface area contributed by atoms with Gasteiger partial charge in [0.05, 0.1) is 18.4 Å². The molecule has 0 aromatic heterocycles. The lowest BCUT2D eigenvalue weighted by atomic mass is 10.2. The van der Waals surface area contributed by atoms with Gasteiger partial charge in [-0.15, -0.1) is 0 Å². The van der Waals surface area contributed by atoms with Gasteiger partial charge in [-0.3, -0.25) is 4.79 Å². The number of piperazine rings is 1. The van der Waals surface area contributed by atoms with Crippen molar-refractivity contribution >= 4 is 22.0 Å². The summed E-state index contributed by atoms with van der Waals surface area (Å²) in [6.45, 7) is 6.87. The molecule has 1 heterocycles. The number of nitrogens with one attached hydrogen (secondary N) is 1. The number of sulfonamides is 1. The Balaban J connectivity index is 2.50. The van der Waals surface area contributed by atoms with Gasteiger partial charge in [0.25, 0.3) is 0 Å². The lowest BCUT2D eigenvalue weighted by Crippen LogP contribution is -2.55. The van der Waals surface area contributed by atoms with Crippen molar-refractivity contribution in [1.29, 1.82) is 0 Å². The van der Waals surface area contributed by atoms with Crippen molar-refractivity contribution in [2.75, 3.05) is 38.5 Å². The largest absolute Gasteiger partial charge is 0.450 e. The van der Waals surface area contributed by atoms with E-state index in [1.165, 1.54) is 6.92 Å². The minimum Gasteiger partial charge on any atom is -0.450 e. The molecule has 22 heavy (non-hydrogen) atoms. The lowest BCUT2D eigenvalue weighted by Gasteiger charge is -2.35. The maximum absolute atomic E-state index is 12.2. The van der Waals surface area contributed by atoms with Crippen LogP contribution in [-0.4, -0.2) is 74.8 Å². The number of rotatable bonds is 6. The van der Waals surface area contributed by atoms with Crippen molar-refractivity contribution in [1.82, 2.24) is 14.5 Å². The highest BCUT2D eigenvalue weighted by Crippen LogP contribution is 2.06. The van der Waals surface area contributed by atoms with Gasteiger partial charge in [0, 0.05) is 26.2 Å². The zero-order chi connectivity index (χ0) is 16.8. The molecule has 0 aliphatic carbocycles.